The van der Waals surface area contributed by atoms with Gasteiger partial charge < -0.3 is 10.2 Å². The SMILES string of the molecule is CCN1C(=O)CNc2cccc(F)c21. The molecule has 0 aromatic heterocycles. The van der Waals surface area contributed by atoms with Gasteiger partial charge in [0, 0.05) is 6.54 Å². The molecule has 1 aromatic rings. The van der Waals surface area contributed by atoms with E-state index in [0.29, 0.717) is 17.9 Å². The number of nitrogens with zero attached hydrogens (tertiary/aromatic N) is 1. The first kappa shape index (κ1) is 8.99. The zero-order chi connectivity index (χ0) is 10.1. The second-order valence-corrected chi connectivity index (χ2v) is 3.13. The monoisotopic (exact) mass is 194 g/mol. The number of amides is 1. The summed E-state index contributed by atoms with van der Waals surface area (Å²) in [5.41, 5.74) is 1.05. The number of rotatable bonds is 1. The summed E-state index contributed by atoms with van der Waals surface area (Å²) in [5.74, 6) is -0.449. The Morgan fingerprint density at radius 3 is 3.07 bits per heavy atom. The van der Waals surface area contributed by atoms with Gasteiger partial charge >= 0.3 is 0 Å². The molecule has 1 aliphatic heterocycles. The van der Waals surface area contributed by atoms with Crippen LogP contribution in [0.15, 0.2) is 18.2 Å². The molecule has 2 rings (SSSR count). The van der Waals surface area contributed by atoms with Crippen molar-refractivity contribution in [2.75, 3.05) is 23.3 Å². The van der Waals surface area contributed by atoms with Crippen molar-refractivity contribution in [1.29, 1.82) is 0 Å². The number of fused-ring (bicyclic) bond motifs is 1. The minimum absolute atomic E-state index is 0.0925. The first-order chi connectivity index (χ1) is 6.74. The zero-order valence-electron chi connectivity index (χ0n) is 7.88. The van der Waals surface area contributed by atoms with Crippen molar-refractivity contribution in [1.82, 2.24) is 0 Å². The molecular formula is C10H11FN2O. The van der Waals surface area contributed by atoms with Gasteiger partial charge in [0.15, 0.2) is 0 Å². The number of carbonyl (C=O) groups excluding carboxylic acids is 1. The van der Waals surface area contributed by atoms with Crippen LogP contribution in [0.3, 0.4) is 0 Å². The van der Waals surface area contributed by atoms with Crippen molar-refractivity contribution < 1.29 is 9.18 Å². The van der Waals surface area contributed by atoms with E-state index in [9.17, 15) is 9.18 Å². The van der Waals surface area contributed by atoms with Gasteiger partial charge in [-0.15, -0.1) is 0 Å². The average Bonchev–Trinajstić information content (AvgIpc) is 2.19. The van der Waals surface area contributed by atoms with Crippen molar-refractivity contribution in [3.05, 3.63) is 24.0 Å². The largest absolute Gasteiger partial charge is 0.374 e. The second-order valence-electron chi connectivity index (χ2n) is 3.13. The van der Waals surface area contributed by atoms with Crippen LogP contribution in [0.4, 0.5) is 15.8 Å². The molecule has 0 unspecified atom stereocenters. The molecule has 3 nitrogen and oxygen atoms in total. The molecule has 1 N–H and O–H groups in total. The highest BCUT2D eigenvalue weighted by Gasteiger charge is 2.24. The Hall–Kier alpha value is -1.58. The minimum atomic E-state index is -0.357. The van der Waals surface area contributed by atoms with Crippen LogP contribution in [0.25, 0.3) is 0 Å². The first-order valence-electron chi connectivity index (χ1n) is 4.56. The lowest BCUT2D eigenvalue weighted by Crippen LogP contribution is -2.40. The number of para-hydroxylation sites is 1. The summed E-state index contributed by atoms with van der Waals surface area (Å²) in [6.45, 7) is 2.57. The van der Waals surface area contributed by atoms with E-state index in [-0.39, 0.29) is 18.3 Å². The van der Waals surface area contributed by atoms with Gasteiger partial charge in [-0.25, -0.2) is 4.39 Å². The highest BCUT2D eigenvalue weighted by atomic mass is 19.1. The fourth-order valence-corrected chi connectivity index (χ4v) is 1.66. The van der Waals surface area contributed by atoms with Crippen molar-refractivity contribution >= 4 is 17.3 Å². The predicted molar refractivity (Wildman–Crippen MR) is 52.9 cm³/mol. The summed E-state index contributed by atoms with van der Waals surface area (Å²) in [5, 5.41) is 2.89. The summed E-state index contributed by atoms with van der Waals surface area (Å²) in [6, 6.07) is 4.76. The van der Waals surface area contributed by atoms with Crippen LogP contribution in [-0.2, 0) is 4.79 Å². The molecular weight excluding hydrogens is 183 g/mol. The van der Waals surface area contributed by atoms with Crippen LogP contribution in [-0.4, -0.2) is 19.0 Å². The molecule has 1 aliphatic rings. The molecule has 1 amide bonds. The molecule has 0 saturated carbocycles. The summed E-state index contributed by atoms with van der Waals surface area (Å²) in [4.78, 5) is 12.9. The molecule has 14 heavy (non-hydrogen) atoms. The van der Waals surface area contributed by atoms with E-state index in [4.69, 9.17) is 0 Å². The first-order valence-corrected chi connectivity index (χ1v) is 4.56. The summed E-state index contributed by atoms with van der Waals surface area (Å²) in [6.07, 6.45) is 0. The molecule has 1 heterocycles. The molecule has 0 aliphatic carbocycles. The Morgan fingerprint density at radius 1 is 1.57 bits per heavy atom. The van der Waals surface area contributed by atoms with E-state index in [1.165, 1.54) is 11.0 Å². The number of hydrogen-bond acceptors (Lipinski definition) is 2. The van der Waals surface area contributed by atoms with Crippen LogP contribution >= 0.6 is 0 Å². The maximum atomic E-state index is 13.4. The second kappa shape index (κ2) is 3.29. The number of nitrogens with one attached hydrogen (secondary N) is 1. The molecule has 1 aromatic carbocycles. The molecule has 0 spiro atoms. The van der Waals surface area contributed by atoms with Gasteiger partial charge in [-0.1, -0.05) is 6.07 Å². The van der Waals surface area contributed by atoms with Crippen molar-refractivity contribution in [3.63, 3.8) is 0 Å². The van der Waals surface area contributed by atoms with Crippen LogP contribution in [0.1, 0.15) is 6.92 Å². The van der Waals surface area contributed by atoms with Crippen LogP contribution in [0.2, 0.25) is 0 Å². The van der Waals surface area contributed by atoms with Gasteiger partial charge in [0.05, 0.1) is 12.2 Å². The highest BCUT2D eigenvalue weighted by molar-refractivity contribution is 6.02. The van der Waals surface area contributed by atoms with Crippen molar-refractivity contribution in [3.8, 4) is 0 Å². The quantitative estimate of drug-likeness (QED) is 0.736. The Bertz CT molecular complexity index is 378. The maximum absolute atomic E-state index is 13.4. The summed E-state index contributed by atoms with van der Waals surface area (Å²) >= 11 is 0. The lowest BCUT2D eigenvalue weighted by atomic mass is 10.2. The van der Waals surface area contributed by atoms with Crippen LogP contribution < -0.4 is 10.2 Å². The minimum Gasteiger partial charge on any atom is -0.374 e. The molecule has 0 fully saturated rings. The summed E-state index contributed by atoms with van der Waals surface area (Å²) in [7, 11) is 0. The Kier molecular flexibility index (Phi) is 2.11. The van der Waals surface area contributed by atoms with Gasteiger partial charge in [0.25, 0.3) is 0 Å². The standard InChI is InChI=1S/C10H11FN2O/c1-2-13-9(14)6-12-8-5-3-4-7(11)10(8)13/h3-5,12H,2,6H2,1H3. The van der Waals surface area contributed by atoms with Gasteiger partial charge in [0.2, 0.25) is 5.91 Å². The topological polar surface area (TPSA) is 32.3 Å². The van der Waals surface area contributed by atoms with E-state index in [0.717, 1.165) is 0 Å². The Morgan fingerprint density at radius 2 is 2.36 bits per heavy atom. The Labute approximate surface area is 81.5 Å². The number of benzene rings is 1. The molecule has 74 valence electrons. The Balaban J connectivity index is 2.54. The molecule has 0 bridgehead atoms. The lowest BCUT2D eigenvalue weighted by molar-refractivity contribution is -0.117. The van der Waals surface area contributed by atoms with Crippen LogP contribution in [0, 0.1) is 5.82 Å². The van der Waals surface area contributed by atoms with Gasteiger partial charge in [-0.3, -0.25) is 4.79 Å². The third-order valence-corrected chi connectivity index (χ3v) is 2.30. The third kappa shape index (κ3) is 1.23. The van der Waals surface area contributed by atoms with E-state index >= 15 is 0 Å². The normalized spacial score (nSPS) is 15.0. The number of carbonyl (C=O) groups is 1. The number of hydrogen-bond donors (Lipinski definition) is 1. The van der Waals surface area contributed by atoms with Gasteiger partial charge in [-0.05, 0) is 19.1 Å². The number of likely N-dealkylation sites (N-methyl/N-ethyl adjacent to an activating group) is 1. The maximum Gasteiger partial charge on any atom is 0.246 e. The van der Waals surface area contributed by atoms with Crippen molar-refractivity contribution in [2.24, 2.45) is 0 Å². The number of anilines is 2. The fourth-order valence-electron chi connectivity index (χ4n) is 1.66. The molecule has 0 saturated heterocycles. The predicted octanol–water partition coefficient (Wildman–Crippen LogP) is 1.60. The van der Waals surface area contributed by atoms with Crippen molar-refractivity contribution in [2.45, 2.75) is 6.92 Å². The van der Waals surface area contributed by atoms with E-state index in [1.807, 2.05) is 6.92 Å². The molecule has 0 atom stereocenters. The van der Waals surface area contributed by atoms with E-state index in [1.54, 1.807) is 12.1 Å². The number of halogens is 1. The zero-order valence-corrected chi connectivity index (χ0v) is 7.88. The third-order valence-electron chi connectivity index (χ3n) is 2.30. The highest BCUT2D eigenvalue weighted by Crippen LogP contribution is 2.31. The smallest absolute Gasteiger partial charge is 0.246 e. The molecule has 0 radical (unpaired) electrons. The van der Waals surface area contributed by atoms with Crippen LogP contribution in [0.5, 0.6) is 0 Å². The summed E-state index contributed by atoms with van der Waals surface area (Å²) < 4.78 is 13.4. The fraction of sp³-hybridized carbons (Fsp3) is 0.300. The van der Waals surface area contributed by atoms with E-state index < -0.39 is 0 Å². The lowest BCUT2D eigenvalue weighted by Gasteiger charge is -2.29. The van der Waals surface area contributed by atoms with Gasteiger partial charge in [-0.2, -0.15) is 0 Å². The molecule has 4 heteroatoms. The van der Waals surface area contributed by atoms with E-state index in [2.05, 4.69) is 5.32 Å². The van der Waals surface area contributed by atoms with Gasteiger partial charge in [0.1, 0.15) is 11.5 Å². The average molecular weight is 194 g/mol.